The highest BCUT2D eigenvalue weighted by molar-refractivity contribution is 5.87. The number of hydrogen-bond donors (Lipinski definition) is 2. The minimum absolute atomic E-state index is 0.0833. The number of aromatic carboxylic acids is 1. The predicted octanol–water partition coefficient (Wildman–Crippen LogP) is 1.53. The van der Waals surface area contributed by atoms with Gasteiger partial charge in [-0.25, -0.2) is 4.79 Å². The first-order valence-corrected chi connectivity index (χ1v) is 4.16. The molecule has 0 aliphatic heterocycles. The highest BCUT2D eigenvalue weighted by Crippen LogP contribution is 2.16. The van der Waals surface area contributed by atoms with Crippen molar-refractivity contribution >= 4 is 5.97 Å². The lowest BCUT2D eigenvalue weighted by Crippen LogP contribution is -1.93. The van der Waals surface area contributed by atoms with Gasteiger partial charge in [-0.2, -0.15) is 0 Å². The standard InChI is InChI=1S/C7H6O2.C3H6O/c8-7(9)6-4-2-1-3-5-6;4-3-1-2-3/h1-5H,(H,8,9);3-4H,1-2H2. The molecule has 1 aliphatic carbocycles. The van der Waals surface area contributed by atoms with Gasteiger partial charge in [-0.15, -0.1) is 0 Å². The van der Waals surface area contributed by atoms with Gasteiger partial charge in [0.2, 0.25) is 0 Å². The Labute approximate surface area is 76.6 Å². The van der Waals surface area contributed by atoms with E-state index in [1.165, 1.54) is 0 Å². The van der Waals surface area contributed by atoms with Crippen LogP contribution < -0.4 is 0 Å². The normalized spacial score (nSPS) is 14.2. The number of hydrogen-bond acceptors (Lipinski definition) is 2. The van der Waals surface area contributed by atoms with Gasteiger partial charge in [0.05, 0.1) is 11.7 Å². The van der Waals surface area contributed by atoms with Gasteiger partial charge in [-0.1, -0.05) is 18.2 Å². The van der Waals surface area contributed by atoms with E-state index < -0.39 is 5.97 Å². The lowest BCUT2D eigenvalue weighted by Gasteiger charge is -1.88. The van der Waals surface area contributed by atoms with Crippen LogP contribution in [0.3, 0.4) is 0 Å². The van der Waals surface area contributed by atoms with Crippen molar-refractivity contribution in [3.05, 3.63) is 35.9 Å². The fourth-order valence-electron chi connectivity index (χ4n) is 0.655. The zero-order valence-electron chi connectivity index (χ0n) is 7.18. The zero-order chi connectivity index (χ0) is 9.68. The van der Waals surface area contributed by atoms with Crippen LogP contribution in [0.2, 0.25) is 0 Å². The number of rotatable bonds is 1. The molecule has 70 valence electrons. The highest BCUT2D eigenvalue weighted by atomic mass is 16.4. The van der Waals surface area contributed by atoms with E-state index in [0.717, 1.165) is 12.8 Å². The van der Waals surface area contributed by atoms with Crippen molar-refractivity contribution in [3.63, 3.8) is 0 Å². The Hall–Kier alpha value is -1.35. The Balaban J connectivity index is 0.000000175. The average Bonchev–Trinajstić information content (AvgIpc) is 2.90. The summed E-state index contributed by atoms with van der Waals surface area (Å²) in [6.07, 6.45) is 2.17. The second-order valence-corrected chi connectivity index (χ2v) is 2.90. The van der Waals surface area contributed by atoms with Crippen molar-refractivity contribution in [2.45, 2.75) is 18.9 Å². The first-order valence-electron chi connectivity index (χ1n) is 4.16. The second kappa shape index (κ2) is 4.62. The third kappa shape index (κ3) is 4.28. The maximum atomic E-state index is 10.2. The van der Waals surface area contributed by atoms with E-state index in [0.29, 0.717) is 5.56 Å². The van der Waals surface area contributed by atoms with E-state index in [-0.39, 0.29) is 6.10 Å². The number of benzene rings is 1. The second-order valence-electron chi connectivity index (χ2n) is 2.90. The molecule has 1 saturated carbocycles. The zero-order valence-corrected chi connectivity index (χ0v) is 7.18. The summed E-state index contributed by atoms with van der Waals surface area (Å²) in [6.45, 7) is 0. The number of carbonyl (C=O) groups is 1. The molecule has 0 bridgehead atoms. The molecule has 2 N–H and O–H groups in total. The van der Waals surface area contributed by atoms with Gasteiger partial charge in [0, 0.05) is 0 Å². The quantitative estimate of drug-likeness (QED) is 0.689. The molecule has 1 aliphatic rings. The van der Waals surface area contributed by atoms with E-state index in [1.54, 1.807) is 30.3 Å². The molecular weight excluding hydrogens is 168 g/mol. The van der Waals surface area contributed by atoms with E-state index in [9.17, 15) is 4.79 Å². The summed E-state index contributed by atoms with van der Waals surface area (Å²) in [5.41, 5.74) is 0.331. The largest absolute Gasteiger partial charge is 0.478 e. The van der Waals surface area contributed by atoms with E-state index in [1.807, 2.05) is 0 Å². The lowest BCUT2D eigenvalue weighted by atomic mass is 10.2. The molecule has 1 fully saturated rings. The number of carboxylic acids is 1. The van der Waals surface area contributed by atoms with Crippen molar-refractivity contribution in [2.75, 3.05) is 0 Å². The molecule has 1 aromatic carbocycles. The van der Waals surface area contributed by atoms with Crippen molar-refractivity contribution in [1.82, 2.24) is 0 Å². The van der Waals surface area contributed by atoms with E-state index >= 15 is 0 Å². The summed E-state index contributed by atoms with van der Waals surface area (Å²) < 4.78 is 0. The van der Waals surface area contributed by atoms with Crippen LogP contribution in [0.25, 0.3) is 0 Å². The molecule has 13 heavy (non-hydrogen) atoms. The fourth-order valence-corrected chi connectivity index (χ4v) is 0.655. The minimum Gasteiger partial charge on any atom is -0.478 e. The maximum Gasteiger partial charge on any atom is 0.335 e. The Kier molecular flexibility index (Phi) is 3.46. The fraction of sp³-hybridized carbons (Fsp3) is 0.300. The van der Waals surface area contributed by atoms with Gasteiger partial charge in [-0.3, -0.25) is 0 Å². The average molecular weight is 180 g/mol. The van der Waals surface area contributed by atoms with Gasteiger partial charge < -0.3 is 10.2 Å². The summed E-state index contributed by atoms with van der Waals surface area (Å²) in [6, 6.07) is 8.30. The van der Waals surface area contributed by atoms with Gasteiger partial charge in [0.15, 0.2) is 0 Å². The van der Waals surface area contributed by atoms with Crippen LogP contribution in [0.15, 0.2) is 30.3 Å². The van der Waals surface area contributed by atoms with Crippen LogP contribution in [0.4, 0.5) is 0 Å². The van der Waals surface area contributed by atoms with E-state index in [4.69, 9.17) is 10.2 Å². The third-order valence-electron chi connectivity index (χ3n) is 1.57. The molecule has 0 spiro atoms. The third-order valence-corrected chi connectivity index (χ3v) is 1.57. The Morgan fingerprint density at radius 3 is 1.92 bits per heavy atom. The predicted molar refractivity (Wildman–Crippen MR) is 48.6 cm³/mol. The van der Waals surface area contributed by atoms with Crippen LogP contribution in [0.5, 0.6) is 0 Å². The molecule has 0 amide bonds. The molecule has 0 aromatic heterocycles. The highest BCUT2D eigenvalue weighted by Gasteiger charge is 2.15. The van der Waals surface area contributed by atoms with Crippen molar-refractivity contribution in [3.8, 4) is 0 Å². The van der Waals surface area contributed by atoms with Crippen molar-refractivity contribution in [1.29, 1.82) is 0 Å². The number of aliphatic hydroxyl groups excluding tert-OH is 1. The SMILES string of the molecule is O=C(O)c1ccccc1.OC1CC1. The summed E-state index contributed by atoms with van der Waals surface area (Å²) >= 11 is 0. The van der Waals surface area contributed by atoms with Crippen LogP contribution in [0, 0.1) is 0 Å². The molecule has 1 aromatic rings. The molecule has 0 saturated heterocycles. The Morgan fingerprint density at radius 2 is 1.69 bits per heavy atom. The van der Waals surface area contributed by atoms with Gasteiger partial charge in [0.1, 0.15) is 0 Å². The van der Waals surface area contributed by atoms with Crippen molar-refractivity contribution < 1.29 is 15.0 Å². The maximum absolute atomic E-state index is 10.2. The molecule has 0 radical (unpaired) electrons. The first kappa shape index (κ1) is 9.74. The molecule has 3 nitrogen and oxygen atoms in total. The molecule has 3 heteroatoms. The summed E-state index contributed by atoms with van der Waals surface area (Å²) in [5.74, 6) is -0.879. The molecular formula is C10H12O3. The first-order chi connectivity index (χ1) is 6.20. The van der Waals surface area contributed by atoms with Crippen LogP contribution in [-0.2, 0) is 0 Å². The van der Waals surface area contributed by atoms with Gasteiger partial charge in [-0.05, 0) is 25.0 Å². The molecule has 2 rings (SSSR count). The van der Waals surface area contributed by atoms with Crippen LogP contribution in [-0.4, -0.2) is 22.3 Å². The van der Waals surface area contributed by atoms with Gasteiger partial charge >= 0.3 is 5.97 Å². The molecule has 0 heterocycles. The topological polar surface area (TPSA) is 57.5 Å². The Bertz CT molecular complexity index is 265. The summed E-state index contributed by atoms with van der Waals surface area (Å²) in [5, 5.41) is 16.6. The summed E-state index contributed by atoms with van der Waals surface area (Å²) in [4.78, 5) is 10.2. The number of carboxylic acid groups (broad SMARTS) is 1. The lowest BCUT2D eigenvalue weighted by molar-refractivity contribution is 0.0697. The smallest absolute Gasteiger partial charge is 0.335 e. The van der Waals surface area contributed by atoms with Crippen LogP contribution in [0.1, 0.15) is 23.2 Å². The Morgan fingerprint density at radius 1 is 1.23 bits per heavy atom. The number of aliphatic hydroxyl groups is 1. The van der Waals surface area contributed by atoms with Crippen molar-refractivity contribution in [2.24, 2.45) is 0 Å². The van der Waals surface area contributed by atoms with E-state index in [2.05, 4.69) is 0 Å². The molecule has 0 unspecified atom stereocenters. The monoisotopic (exact) mass is 180 g/mol. The van der Waals surface area contributed by atoms with Crippen LogP contribution >= 0.6 is 0 Å². The minimum atomic E-state index is -0.879. The molecule has 0 atom stereocenters. The van der Waals surface area contributed by atoms with Gasteiger partial charge in [0.25, 0.3) is 0 Å². The summed E-state index contributed by atoms with van der Waals surface area (Å²) in [7, 11) is 0.